The maximum Gasteiger partial charge on any atom is 0.471 e. The molecule has 13 heteroatoms. The van der Waals surface area contributed by atoms with Crippen LogP contribution in [0.15, 0.2) is 5.11 Å². The maximum absolute atomic E-state index is 12.0. The first-order chi connectivity index (χ1) is 14.3. The van der Waals surface area contributed by atoms with Gasteiger partial charge in [-0.15, -0.1) is 0 Å². The van der Waals surface area contributed by atoms with Gasteiger partial charge in [0, 0.05) is 30.5 Å². The summed E-state index contributed by atoms with van der Waals surface area (Å²) in [5.41, 5.74) is 8.07. The number of hydrogen-bond acceptors (Lipinski definition) is 6. The van der Waals surface area contributed by atoms with Gasteiger partial charge in [0.05, 0.1) is 39.6 Å². The molecule has 0 aliphatic heterocycles. The number of carbonyl (C=O) groups is 2. The Balaban J connectivity index is 3.47. The van der Waals surface area contributed by atoms with Crippen LogP contribution < -0.4 is 10.6 Å². The summed E-state index contributed by atoms with van der Waals surface area (Å²) in [5.74, 6) is -2.40. The Morgan fingerprint density at radius 1 is 0.967 bits per heavy atom. The molecule has 0 aliphatic carbocycles. The number of ether oxygens (including phenoxy) is 3. The number of nitrogens with zero attached hydrogens (tertiary/aromatic N) is 3. The number of rotatable bonds is 18. The quantitative estimate of drug-likeness (QED) is 0.145. The fourth-order valence-corrected chi connectivity index (χ4v) is 2.12. The second-order valence-electron chi connectivity index (χ2n) is 6.23. The summed E-state index contributed by atoms with van der Waals surface area (Å²) in [6.07, 6.45) is -3.48. The predicted molar refractivity (Wildman–Crippen MR) is 102 cm³/mol. The zero-order valence-corrected chi connectivity index (χ0v) is 17.1. The average Bonchev–Trinajstić information content (AvgIpc) is 2.69. The summed E-state index contributed by atoms with van der Waals surface area (Å²) in [7, 11) is 0. The molecule has 174 valence electrons. The zero-order chi connectivity index (χ0) is 22.7. The van der Waals surface area contributed by atoms with Crippen molar-refractivity contribution in [2.45, 2.75) is 32.4 Å². The summed E-state index contributed by atoms with van der Waals surface area (Å²) >= 11 is 0. The number of halogens is 3. The van der Waals surface area contributed by atoms with Crippen molar-refractivity contribution in [3.05, 3.63) is 10.4 Å². The van der Waals surface area contributed by atoms with Gasteiger partial charge in [0.2, 0.25) is 5.91 Å². The van der Waals surface area contributed by atoms with Crippen molar-refractivity contribution in [2.75, 3.05) is 59.3 Å². The van der Waals surface area contributed by atoms with E-state index in [1.807, 2.05) is 0 Å². The normalized spacial score (nSPS) is 12.1. The summed E-state index contributed by atoms with van der Waals surface area (Å²) in [6, 6.07) is 0. The molecule has 2 N–H and O–H groups in total. The van der Waals surface area contributed by atoms with E-state index >= 15 is 0 Å². The van der Waals surface area contributed by atoms with E-state index in [-0.39, 0.29) is 24.9 Å². The minimum atomic E-state index is -4.87. The Labute approximate surface area is 173 Å². The van der Waals surface area contributed by atoms with Crippen molar-refractivity contribution in [3.63, 3.8) is 0 Å². The SMILES string of the molecule is CC(CCCCNC(=O)C(F)(F)F)C(=O)NCCOCCOCCOCCN=[N+]=[N-]. The average molecular weight is 441 g/mol. The van der Waals surface area contributed by atoms with E-state index < -0.39 is 12.1 Å². The number of carbonyl (C=O) groups excluding carboxylic acids is 2. The largest absolute Gasteiger partial charge is 0.471 e. The fourth-order valence-electron chi connectivity index (χ4n) is 2.12. The van der Waals surface area contributed by atoms with Crippen molar-refractivity contribution in [2.24, 2.45) is 11.0 Å². The third-order valence-electron chi connectivity index (χ3n) is 3.74. The van der Waals surface area contributed by atoms with Crippen LogP contribution in [0.1, 0.15) is 26.2 Å². The van der Waals surface area contributed by atoms with Crippen LogP contribution in [0, 0.1) is 5.92 Å². The van der Waals surface area contributed by atoms with Gasteiger partial charge >= 0.3 is 12.1 Å². The molecule has 0 bridgehead atoms. The Bertz CT molecular complexity index is 530. The minimum Gasteiger partial charge on any atom is -0.379 e. The third-order valence-corrected chi connectivity index (χ3v) is 3.74. The molecule has 0 spiro atoms. The second kappa shape index (κ2) is 17.8. The van der Waals surface area contributed by atoms with Crippen LogP contribution in [-0.2, 0) is 23.8 Å². The van der Waals surface area contributed by atoms with Gasteiger partial charge in [0.15, 0.2) is 0 Å². The van der Waals surface area contributed by atoms with E-state index in [1.165, 1.54) is 0 Å². The zero-order valence-electron chi connectivity index (χ0n) is 17.1. The lowest BCUT2D eigenvalue weighted by atomic mass is 10.0. The van der Waals surface area contributed by atoms with Gasteiger partial charge in [-0.25, -0.2) is 0 Å². The van der Waals surface area contributed by atoms with E-state index in [9.17, 15) is 22.8 Å². The van der Waals surface area contributed by atoms with E-state index in [4.69, 9.17) is 19.7 Å². The molecule has 0 rings (SSSR count). The summed E-state index contributed by atoms with van der Waals surface area (Å²) < 4.78 is 51.8. The van der Waals surface area contributed by atoms with E-state index in [0.717, 1.165) is 0 Å². The highest BCUT2D eigenvalue weighted by molar-refractivity contribution is 5.81. The molecule has 30 heavy (non-hydrogen) atoms. The number of nitrogens with one attached hydrogen (secondary N) is 2. The topological polar surface area (TPSA) is 135 Å². The molecule has 0 saturated heterocycles. The number of hydrogen-bond donors (Lipinski definition) is 2. The molecule has 0 radical (unpaired) electrons. The first kappa shape index (κ1) is 27.9. The molecule has 0 aromatic heterocycles. The van der Waals surface area contributed by atoms with E-state index in [2.05, 4.69) is 15.3 Å². The van der Waals surface area contributed by atoms with Gasteiger partial charge in [0.25, 0.3) is 0 Å². The van der Waals surface area contributed by atoms with Gasteiger partial charge in [-0.3, -0.25) is 9.59 Å². The predicted octanol–water partition coefficient (Wildman–Crippen LogP) is 1.95. The Morgan fingerprint density at radius 3 is 2.17 bits per heavy atom. The molecule has 0 fully saturated rings. The number of unbranched alkanes of at least 4 members (excludes halogenated alkanes) is 1. The van der Waals surface area contributed by atoms with Crippen LogP contribution in [0.5, 0.6) is 0 Å². The van der Waals surface area contributed by atoms with Crippen LogP contribution >= 0.6 is 0 Å². The van der Waals surface area contributed by atoms with Crippen molar-refractivity contribution in [1.29, 1.82) is 0 Å². The second-order valence-corrected chi connectivity index (χ2v) is 6.23. The van der Waals surface area contributed by atoms with Crippen LogP contribution in [0.2, 0.25) is 0 Å². The first-order valence-corrected chi connectivity index (χ1v) is 9.65. The summed E-state index contributed by atoms with van der Waals surface area (Å²) in [5, 5.41) is 7.83. The van der Waals surface area contributed by atoms with Gasteiger partial charge in [-0.2, -0.15) is 13.2 Å². The van der Waals surface area contributed by atoms with Gasteiger partial charge in [-0.05, 0) is 18.4 Å². The van der Waals surface area contributed by atoms with Crippen LogP contribution in [0.3, 0.4) is 0 Å². The maximum atomic E-state index is 12.0. The molecule has 0 saturated carbocycles. The van der Waals surface area contributed by atoms with Gasteiger partial charge in [0.1, 0.15) is 0 Å². The highest BCUT2D eigenvalue weighted by atomic mass is 19.4. The third kappa shape index (κ3) is 16.8. The molecule has 0 aliphatic rings. The molecular formula is C17H30F3N5O5. The highest BCUT2D eigenvalue weighted by Gasteiger charge is 2.38. The standard InChI is InChI=1S/C17H30F3N5O5/c1-14(4-2-3-5-23-16(27)17(18,19)20)15(26)22-6-8-28-10-12-30-13-11-29-9-7-24-25-21/h14H,2-13H2,1H3,(H,22,26)(H,23,27). The molecule has 2 amide bonds. The van der Waals surface area contributed by atoms with Gasteiger partial charge in [-0.1, -0.05) is 18.5 Å². The molecule has 0 aromatic carbocycles. The smallest absolute Gasteiger partial charge is 0.379 e. The fraction of sp³-hybridized carbons (Fsp3) is 0.882. The number of amides is 2. The molecule has 1 atom stereocenters. The first-order valence-electron chi connectivity index (χ1n) is 9.65. The number of alkyl halides is 3. The van der Waals surface area contributed by atoms with Crippen LogP contribution in [-0.4, -0.2) is 77.3 Å². The lowest BCUT2D eigenvalue weighted by molar-refractivity contribution is -0.173. The molecule has 0 heterocycles. The highest BCUT2D eigenvalue weighted by Crippen LogP contribution is 2.14. The molecule has 0 aromatic rings. The minimum absolute atomic E-state index is 0.0789. The van der Waals surface area contributed by atoms with Gasteiger partial charge < -0.3 is 24.8 Å². The number of azide groups is 1. The Hall–Kier alpha value is -2.08. The summed E-state index contributed by atoms with van der Waals surface area (Å²) in [6.45, 7) is 4.49. The van der Waals surface area contributed by atoms with Crippen LogP contribution in [0.25, 0.3) is 10.4 Å². The van der Waals surface area contributed by atoms with Crippen molar-refractivity contribution < 1.29 is 37.0 Å². The molecule has 10 nitrogen and oxygen atoms in total. The lowest BCUT2D eigenvalue weighted by Crippen LogP contribution is -2.37. The monoisotopic (exact) mass is 441 g/mol. The molecule has 1 unspecified atom stereocenters. The van der Waals surface area contributed by atoms with Crippen molar-refractivity contribution in [1.82, 2.24) is 10.6 Å². The Morgan fingerprint density at radius 2 is 1.57 bits per heavy atom. The summed E-state index contributed by atoms with van der Waals surface area (Å²) in [4.78, 5) is 25.1. The lowest BCUT2D eigenvalue weighted by Gasteiger charge is -2.13. The van der Waals surface area contributed by atoms with Crippen molar-refractivity contribution >= 4 is 11.8 Å². The van der Waals surface area contributed by atoms with Crippen molar-refractivity contribution in [3.8, 4) is 0 Å². The Kier molecular flexibility index (Phi) is 16.5. The molecular weight excluding hydrogens is 411 g/mol. The van der Waals surface area contributed by atoms with Crippen LogP contribution in [0.4, 0.5) is 13.2 Å². The van der Waals surface area contributed by atoms with E-state index in [1.54, 1.807) is 12.2 Å². The van der Waals surface area contributed by atoms with E-state index in [0.29, 0.717) is 65.4 Å².